The monoisotopic (exact) mass is 419 g/mol. The van der Waals surface area contributed by atoms with Crippen molar-refractivity contribution in [2.24, 2.45) is 0 Å². The lowest BCUT2D eigenvalue weighted by atomic mass is 10.0. The van der Waals surface area contributed by atoms with E-state index >= 15 is 0 Å². The third kappa shape index (κ3) is 5.10. The molecule has 4 N–H and O–H groups in total. The number of hydrogen-bond acceptors (Lipinski definition) is 7. The third-order valence-corrected chi connectivity index (χ3v) is 5.61. The van der Waals surface area contributed by atoms with Crippen LogP contribution in [-0.4, -0.2) is 72.0 Å². The summed E-state index contributed by atoms with van der Waals surface area (Å²) in [5, 5.41) is 3.91. The normalized spacial score (nSPS) is 27.6. The average molecular weight is 419 g/mol. The van der Waals surface area contributed by atoms with E-state index in [0.717, 1.165) is 30.7 Å². The van der Waals surface area contributed by atoms with Crippen LogP contribution in [0.5, 0.6) is 0 Å². The largest absolute Gasteiger partial charge is 0.418 e. The lowest BCUT2D eigenvalue weighted by Crippen LogP contribution is -2.54. The summed E-state index contributed by atoms with van der Waals surface area (Å²) in [6, 6.07) is -1.95. The van der Waals surface area contributed by atoms with E-state index in [2.05, 4.69) is 20.5 Å². The minimum Gasteiger partial charge on any atom is -0.314 e. The Hall–Kier alpha value is -1.96. The van der Waals surface area contributed by atoms with Gasteiger partial charge in [-0.05, 0) is 38.6 Å². The molecule has 0 aromatic rings. The Balaban J connectivity index is 1.46. The molecule has 158 valence electrons. The van der Waals surface area contributed by atoms with Crippen LogP contribution in [0.25, 0.3) is 0 Å². The summed E-state index contributed by atoms with van der Waals surface area (Å²) in [5.41, 5.74) is 4.68. The van der Waals surface area contributed by atoms with Crippen molar-refractivity contribution in [3.63, 3.8) is 0 Å². The van der Waals surface area contributed by atoms with Gasteiger partial charge in [0.15, 0.2) is 0 Å². The number of nitrogens with zero attached hydrogens (tertiary/aromatic N) is 2. The standard InChI is InChI=1S/C15H25N5O7S/c21-13(7-4-10-3-1-2-8-16-10)17-18-14(22)12-6-5-11-9-19(12)15(23)20(11)27-28(24,25)26/h10-12,16H,1-9H2,(H,17,21)(H,18,22)(H,24,25,26)/t10-,11-,12-/m0/s1. The number of nitrogens with one attached hydrogen (secondary N) is 3. The zero-order valence-corrected chi connectivity index (χ0v) is 16.1. The number of amides is 4. The van der Waals surface area contributed by atoms with Crippen LogP contribution in [0.15, 0.2) is 0 Å². The molecule has 3 heterocycles. The van der Waals surface area contributed by atoms with Gasteiger partial charge in [-0.3, -0.25) is 25.0 Å². The molecule has 3 aliphatic heterocycles. The van der Waals surface area contributed by atoms with Crippen molar-refractivity contribution >= 4 is 28.2 Å². The van der Waals surface area contributed by atoms with Crippen molar-refractivity contribution in [1.29, 1.82) is 0 Å². The topological polar surface area (TPSA) is 157 Å². The van der Waals surface area contributed by atoms with Gasteiger partial charge in [-0.2, -0.15) is 13.5 Å². The van der Waals surface area contributed by atoms with E-state index in [4.69, 9.17) is 4.55 Å². The van der Waals surface area contributed by atoms with Gasteiger partial charge in [0.25, 0.3) is 5.91 Å². The number of hydrazine groups is 1. The van der Waals surface area contributed by atoms with Crippen molar-refractivity contribution < 1.29 is 31.6 Å². The highest BCUT2D eigenvalue weighted by Crippen LogP contribution is 2.30. The fraction of sp³-hybridized carbons (Fsp3) is 0.800. The van der Waals surface area contributed by atoms with E-state index in [9.17, 15) is 22.8 Å². The minimum absolute atomic E-state index is 0.0910. The first-order chi connectivity index (χ1) is 13.2. The molecule has 0 aliphatic carbocycles. The predicted molar refractivity (Wildman–Crippen MR) is 94.5 cm³/mol. The number of piperidine rings is 2. The van der Waals surface area contributed by atoms with E-state index < -0.39 is 34.4 Å². The lowest BCUT2D eigenvalue weighted by Gasteiger charge is -2.29. The summed E-state index contributed by atoms with van der Waals surface area (Å²) in [5.74, 6) is -0.886. The molecule has 0 aromatic heterocycles. The molecule has 0 spiro atoms. The number of hydroxylamine groups is 2. The van der Waals surface area contributed by atoms with Gasteiger partial charge in [0.1, 0.15) is 6.04 Å². The first-order valence-corrected chi connectivity index (χ1v) is 10.7. The average Bonchev–Trinajstić information content (AvgIpc) is 2.89. The van der Waals surface area contributed by atoms with Crippen molar-refractivity contribution in [3.8, 4) is 0 Å². The molecule has 3 atom stereocenters. The highest BCUT2D eigenvalue weighted by Gasteiger charge is 2.49. The van der Waals surface area contributed by atoms with Crippen LogP contribution in [0.2, 0.25) is 0 Å². The Morgan fingerprint density at radius 1 is 1.21 bits per heavy atom. The second kappa shape index (κ2) is 8.59. The molecule has 3 fully saturated rings. The van der Waals surface area contributed by atoms with E-state index in [-0.39, 0.29) is 25.3 Å². The number of carbonyl (C=O) groups is 3. The van der Waals surface area contributed by atoms with E-state index in [1.807, 2.05) is 0 Å². The molecule has 28 heavy (non-hydrogen) atoms. The molecule has 3 rings (SSSR count). The lowest BCUT2D eigenvalue weighted by molar-refractivity contribution is -0.132. The fourth-order valence-corrected chi connectivity index (χ4v) is 4.25. The van der Waals surface area contributed by atoms with Gasteiger partial charge in [0.2, 0.25) is 5.91 Å². The Labute approximate surface area is 162 Å². The second-order valence-corrected chi connectivity index (χ2v) is 8.24. The summed E-state index contributed by atoms with van der Waals surface area (Å²) < 4.78 is 34.8. The zero-order valence-electron chi connectivity index (χ0n) is 15.3. The Morgan fingerprint density at radius 2 is 2.00 bits per heavy atom. The molecule has 0 saturated carbocycles. The number of carbonyl (C=O) groups excluding carboxylic acids is 3. The summed E-state index contributed by atoms with van der Waals surface area (Å²) in [4.78, 5) is 37.8. The highest BCUT2D eigenvalue weighted by atomic mass is 32.3. The predicted octanol–water partition coefficient (Wildman–Crippen LogP) is -0.941. The molecule has 0 radical (unpaired) electrons. The molecule has 3 saturated heterocycles. The van der Waals surface area contributed by atoms with Crippen molar-refractivity contribution in [1.82, 2.24) is 26.1 Å². The van der Waals surface area contributed by atoms with Crippen molar-refractivity contribution in [2.45, 2.75) is 63.1 Å². The van der Waals surface area contributed by atoms with Crippen LogP contribution in [-0.2, 0) is 24.3 Å². The summed E-state index contributed by atoms with van der Waals surface area (Å²) in [7, 11) is -4.84. The fourth-order valence-electron chi connectivity index (χ4n) is 3.86. The first-order valence-electron chi connectivity index (χ1n) is 9.33. The molecular weight excluding hydrogens is 394 g/mol. The van der Waals surface area contributed by atoms with E-state index in [1.165, 1.54) is 0 Å². The van der Waals surface area contributed by atoms with E-state index in [1.54, 1.807) is 0 Å². The van der Waals surface area contributed by atoms with Crippen LogP contribution in [0.3, 0.4) is 0 Å². The Bertz CT molecular complexity index is 724. The maximum Gasteiger partial charge on any atom is 0.418 e. The Kier molecular flexibility index (Phi) is 6.37. The van der Waals surface area contributed by atoms with Crippen LogP contribution in [0.4, 0.5) is 4.79 Å². The molecule has 2 bridgehead atoms. The van der Waals surface area contributed by atoms with Crippen molar-refractivity contribution in [3.05, 3.63) is 0 Å². The quantitative estimate of drug-likeness (QED) is 0.317. The molecule has 0 unspecified atom stereocenters. The van der Waals surface area contributed by atoms with Gasteiger partial charge in [-0.25, -0.2) is 4.79 Å². The highest BCUT2D eigenvalue weighted by molar-refractivity contribution is 7.80. The molecule has 3 aliphatic rings. The number of hydrogen-bond donors (Lipinski definition) is 4. The maximum atomic E-state index is 12.4. The van der Waals surface area contributed by atoms with Gasteiger partial charge in [0, 0.05) is 19.0 Å². The number of urea groups is 1. The molecule has 0 aromatic carbocycles. The summed E-state index contributed by atoms with van der Waals surface area (Å²) >= 11 is 0. The zero-order chi connectivity index (χ0) is 20.3. The third-order valence-electron chi connectivity index (χ3n) is 5.26. The Morgan fingerprint density at radius 3 is 2.68 bits per heavy atom. The minimum atomic E-state index is -4.84. The summed E-state index contributed by atoms with van der Waals surface area (Å²) in [6.07, 6.45) is 4.85. The van der Waals surface area contributed by atoms with Crippen LogP contribution < -0.4 is 16.2 Å². The van der Waals surface area contributed by atoms with Gasteiger partial charge < -0.3 is 10.2 Å². The molecule has 12 nitrogen and oxygen atoms in total. The van der Waals surface area contributed by atoms with Gasteiger partial charge >= 0.3 is 16.4 Å². The molecule has 4 amide bonds. The SMILES string of the molecule is O=C(CC[C@@H]1CCCCN1)NNC(=O)[C@@H]1CC[C@H]2CN1C(=O)N2OS(=O)(=O)O. The summed E-state index contributed by atoms with van der Waals surface area (Å²) in [6.45, 7) is 1.04. The number of fused-ring (bicyclic) bond motifs is 2. The molecular formula is C15H25N5O7S. The van der Waals surface area contributed by atoms with Gasteiger partial charge in [-0.15, -0.1) is 4.28 Å². The van der Waals surface area contributed by atoms with Gasteiger partial charge in [0.05, 0.1) is 6.04 Å². The van der Waals surface area contributed by atoms with E-state index in [0.29, 0.717) is 23.9 Å². The smallest absolute Gasteiger partial charge is 0.314 e. The van der Waals surface area contributed by atoms with Crippen LogP contribution in [0.1, 0.15) is 44.9 Å². The maximum absolute atomic E-state index is 12.4. The molecule has 13 heteroatoms. The van der Waals surface area contributed by atoms with Gasteiger partial charge in [-0.1, -0.05) is 6.42 Å². The van der Waals surface area contributed by atoms with Crippen molar-refractivity contribution in [2.75, 3.05) is 13.1 Å². The number of rotatable bonds is 6. The van der Waals surface area contributed by atoms with Crippen LogP contribution >= 0.6 is 0 Å². The first kappa shape index (κ1) is 20.8. The second-order valence-electron chi connectivity index (χ2n) is 7.23. The van der Waals surface area contributed by atoms with Crippen LogP contribution in [0, 0.1) is 0 Å².